The lowest BCUT2D eigenvalue weighted by atomic mass is 10.2. The summed E-state index contributed by atoms with van der Waals surface area (Å²) in [7, 11) is -3.53. The minimum absolute atomic E-state index is 0.188. The van der Waals surface area contributed by atoms with E-state index in [0.717, 1.165) is 16.9 Å². The molecule has 0 atom stereocenters. The molecule has 0 aliphatic heterocycles. The molecule has 1 N–H and O–H groups in total. The van der Waals surface area contributed by atoms with Crippen molar-refractivity contribution < 1.29 is 17.6 Å². The van der Waals surface area contributed by atoms with Crippen LogP contribution in [-0.2, 0) is 14.6 Å². The number of halogens is 1. The topological polar surface area (TPSA) is 76.1 Å². The number of amides is 1. The van der Waals surface area contributed by atoms with E-state index in [1.165, 1.54) is 18.2 Å². The SMILES string of the molecule is Cc1ccc(S(=O)(=O)CCC(=O)Nc2nc3c(F)cccc3s2)cc1. The summed E-state index contributed by atoms with van der Waals surface area (Å²) >= 11 is 1.14. The van der Waals surface area contributed by atoms with Crippen molar-refractivity contribution in [2.45, 2.75) is 18.2 Å². The van der Waals surface area contributed by atoms with Crippen LogP contribution in [0.5, 0.6) is 0 Å². The van der Waals surface area contributed by atoms with Crippen LogP contribution in [0.3, 0.4) is 0 Å². The molecule has 1 aromatic heterocycles. The molecule has 8 heteroatoms. The van der Waals surface area contributed by atoms with E-state index in [4.69, 9.17) is 0 Å². The molecule has 130 valence electrons. The van der Waals surface area contributed by atoms with E-state index in [1.807, 2.05) is 6.92 Å². The largest absolute Gasteiger partial charge is 0.302 e. The number of fused-ring (bicyclic) bond motifs is 1. The Kier molecular flexibility index (Phi) is 4.82. The van der Waals surface area contributed by atoms with Gasteiger partial charge in [0.15, 0.2) is 15.0 Å². The number of hydrogen-bond donors (Lipinski definition) is 1. The van der Waals surface area contributed by atoms with Gasteiger partial charge in [0, 0.05) is 6.42 Å². The maximum atomic E-state index is 13.6. The lowest BCUT2D eigenvalue weighted by molar-refractivity contribution is -0.115. The zero-order valence-electron chi connectivity index (χ0n) is 13.3. The number of anilines is 1. The number of benzene rings is 2. The van der Waals surface area contributed by atoms with E-state index < -0.39 is 21.6 Å². The Morgan fingerprint density at radius 1 is 1.20 bits per heavy atom. The molecule has 0 fully saturated rings. The Balaban J connectivity index is 1.65. The Bertz CT molecular complexity index is 1030. The Labute approximate surface area is 148 Å². The highest BCUT2D eigenvalue weighted by atomic mass is 32.2. The van der Waals surface area contributed by atoms with E-state index in [0.29, 0.717) is 4.70 Å². The molecule has 3 rings (SSSR count). The number of aryl methyl sites for hydroxylation is 1. The number of sulfone groups is 1. The number of hydrogen-bond acceptors (Lipinski definition) is 5. The fraction of sp³-hybridized carbons (Fsp3) is 0.176. The third kappa shape index (κ3) is 4.02. The van der Waals surface area contributed by atoms with Crippen LogP contribution >= 0.6 is 11.3 Å². The number of rotatable bonds is 5. The minimum Gasteiger partial charge on any atom is -0.302 e. The van der Waals surface area contributed by atoms with Gasteiger partial charge >= 0.3 is 0 Å². The molecule has 0 unspecified atom stereocenters. The zero-order chi connectivity index (χ0) is 18.0. The van der Waals surface area contributed by atoms with Gasteiger partial charge in [-0.3, -0.25) is 4.79 Å². The summed E-state index contributed by atoms with van der Waals surface area (Å²) in [5, 5.41) is 2.78. The average molecular weight is 378 g/mol. The van der Waals surface area contributed by atoms with Gasteiger partial charge in [-0.1, -0.05) is 35.1 Å². The van der Waals surface area contributed by atoms with Crippen LogP contribution in [-0.4, -0.2) is 25.1 Å². The first kappa shape index (κ1) is 17.5. The lowest BCUT2D eigenvalue weighted by Crippen LogP contribution is -2.17. The molecular weight excluding hydrogens is 363 g/mol. The number of thiazole rings is 1. The predicted molar refractivity (Wildman–Crippen MR) is 96.1 cm³/mol. The van der Waals surface area contributed by atoms with E-state index in [9.17, 15) is 17.6 Å². The molecule has 0 saturated carbocycles. The Morgan fingerprint density at radius 3 is 2.60 bits per heavy atom. The van der Waals surface area contributed by atoms with Crippen LogP contribution in [0.4, 0.5) is 9.52 Å². The fourth-order valence-corrected chi connectivity index (χ4v) is 4.38. The number of para-hydroxylation sites is 1. The maximum absolute atomic E-state index is 13.6. The summed E-state index contributed by atoms with van der Waals surface area (Å²) in [5.41, 5.74) is 1.15. The van der Waals surface area contributed by atoms with E-state index in [-0.39, 0.29) is 27.7 Å². The number of nitrogens with one attached hydrogen (secondary N) is 1. The first-order valence-electron chi connectivity index (χ1n) is 7.49. The molecule has 0 saturated heterocycles. The molecule has 3 aromatic rings. The number of nitrogens with zero attached hydrogens (tertiary/aromatic N) is 1. The van der Waals surface area contributed by atoms with Gasteiger partial charge in [0.25, 0.3) is 0 Å². The summed E-state index contributed by atoms with van der Waals surface area (Å²) in [4.78, 5) is 16.2. The van der Waals surface area contributed by atoms with E-state index in [2.05, 4.69) is 10.3 Å². The second kappa shape index (κ2) is 6.89. The van der Waals surface area contributed by atoms with Crippen LogP contribution in [0.1, 0.15) is 12.0 Å². The number of aromatic nitrogens is 1. The van der Waals surface area contributed by atoms with Crippen molar-refractivity contribution in [3.8, 4) is 0 Å². The summed E-state index contributed by atoms with van der Waals surface area (Å²) in [6.07, 6.45) is -0.200. The molecule has 5 nitrogen and oxygen atoms in total. The third-order valence-corrected chi connectivity index (χ3v) is 6.26. The van der Waals surface area contributed by atoms with Gasteiger partial charge < -0.3 is 5.32 Å². The first-order chi connectivity index (χ1) is 11.8. The summed E-state index contributed by atoms with van der Waals surface area (Å²) < 4.78 is 38.7. The quantitative estimate of drug-likeness (QED) is 0.737. The Morgan fingerprint density at radius 2 is 1.92 bits per heavy atom. The van der Waals surface area contributed by atoms with Gasteiger partial charge in [-0.05, 0) is 31.2 Å². The molecule has 1 amide bonds. The van der Waals surface area contributed by atoms with Crippen molar-refractivity contribution in [3.63, 3.8) is 0 Å². The molecule has 0 bridgehead atoms. The van der Waals surface area contributed by atoms with Gasteiger partial charge in [0.05, 0.1) is 15.3 Å². The first-order valence-corrected chi connectivity index (χ1v) is 9.96. The van der Waals surface area contributed by atoms with Crippen LogP contribution < -0.4 is 5.32 Å². The minimum atomic E-state index is -3.53. The molecule has 0 radical (unpaired) electrons. The average Bonchev–Trinajstić information content (AvgIpc) is 2.97. The van der Waals surface area contributed by atoms with Gasteiger partial charge in [-0.25, -0.2) is 17.8 Å². The van der Waals surface area contributed by atoms with Crippen molar-refractivity contribution in [2.75, 3.05) is 11.1 Å². The smallest absolute Gasteiger partial charge is 0.227 e. The van der Waals surface area contributed by atoms with E-state index in [1.54, 1.807) is 24.3 Å². The van der Waals surface area contributed by atoms with Crippen molar-refractivity contribution in [3.05, 3.63) is 53.8 Å². The highest BCUT2D eigenvalue weighted by Gasteiger charge is 2.17. The van der Waals surface area contributed by atoms with Crippen LogP contribution in [0.2, 0.25) is 0 Å². The standard InChI is InChI=1S/C17H15FN2O3S2/c1-11-5-7-12(8-6-11)25(22,23)10-9-15(21)19-17-20-16-13(18)3-2-4-14(16)24-17/h2-8H,9-10H2,1H3,(H,19,20,21). The van der Waals surface area contributed by atoms with Crippen molar-refractivity contribution >= 4 is 42.4 Å². The molecular formula is C17H15FN2O3S2. The summed E-state index contributed by atoms with van der Waals surface area (Å²) in [6, 6.07) is 11.0. The van der Waals surface area contributed by atoms with Gasteiger partial charge in [-0.2, -0.15) is 0 Å². The van der Waals surface area contributed by atoms with Gasteiger partial charge in [0.2, 0.25) is 5.91 Å². The second-order valence-corrected chi connectivity index (χ2v) is 8.68. The molecule has 25 heavy (non-hydrogen) atoms. The molecule has 2 aromatic carbocycles. The molecule has 0 aliphatic rings. The zero-order valence-corrected chi connectivity index (χ0v) is 15.0. The van der Waals surface area contributed by atoms with Crippen LogP contribution in [0.25, 0.3) is 10.2 Å². The van der Waals surface area contributed by atoms with Crippen LogP contribution in [0, 0.1) is 12.7 Å². The predicted octanol–water partition coefficient (Wildman–Crippen LogP) is 3.55. The monoisotopic (exact) mass is 378 g/mol. The van der Waals surface area contributed by atoms with Gasteiger partial charge in [0.1, 0.15) is 11.3 Å². The number of carbonyl (C=O) groups is 1. The molecule has 0 aliphatic carbocycles. The van der Waals surface area contributed by atoms with Crippen molar-refractivity contribution in [1.82, 2.24) is 4.98 Å². The highest BCUT2D eigenvalue weighted by Crippen LogP contribution is 2.27. The second-order valence-electron chi connectivity index (χ2n) is 5.54. The molecule has 1 heterocycles. The maximum Gasteiger partial charge on any atom is 0.227 e. The molecule has 0 spiro atoms. The lowest BCUT2D eigenvalue weighted by Gasteiger charge is -2.05. The van der Waals surface area contributed by atoms with Crippen molar-refractivity contribution in [1.29, 1.82) is 0 Å². The van der Waals surface area contributed by atoms with Gasteiger partial charge in [-0.15, -0.1) is 0 Å². The summed E-state index contributed by atoms with van der Waals surface area (Å²) in [6.45, 7) is 1.87. The third-order valence-electron chi connectivity index (χ3n) is 3.59. The number of carbonyl (C=O) groups excluding carboxylic acids is 1. The Hall–Kier alpha value is -2.32. The highest BCUT2D eigenvalue weighted by molar-refractivity contribution is 7.91. The van der Waals surface area contributed by atoms with E-state index >= 15 is 0 Å². The normalized spacial score (nSPS) is 11.6. The fourth-order valence-electron chi connectivity index (χ4n) is 2.24. The van der Waals surface area contributed by atoms with Crippen molar-refractivity contribution in [2.24, 2.45) is 0 Å². The summed E-state index contributed by atoms with van der Waals surface area (Å²) in [5.74, 6) is -1.24. The van der Waals surface area contributed by atoms with Crippen LogP contribution in [0.15, 0.2) is 47.4 Å².